The van der Waals surface area contributed by atoms with E-state index in [-0.39, 0.29) is 17.6 Å². The van der Waals surface area contributed by atoms with E-state index in [0.717, 1.165) is 35.0 Å². The van der Waals surface area contributed by atoms with Crippen LogP contribution in [0.25, 0.3) is 0 Å². The predicted octanol–water partition coefficient (Wildman–Crippen LogP) is 4.28. The summed E-state index contributed by atoms with van der Waals surface area (Å²) >= 11 is 0. The van der Waals surface area contributed by atoms with Crippen molar-refractivity contribution in [3.63, 3.8) is 0 Å². The first-order valence-electron chi connectivity index (χ1n) is 10.1. The Hall–Kier alpha value is -3.28. The van der Waals surface area contributed by atoms with Crippen molar-refractivity contribution in [1.29, 1.82) is 0 Å². The van der Waals surface area contributed by atoms with Gasteiger partial charge in [-0.05, 0) is 50.6 Å². The Bertz CT molecular complexity index is 1050. The number of aromatic nitrogens is 2. The van der Waals surface area contributed by atoms with Crippen molar-refractivity contribution in [3.05, 3.63) is 77.4 Å². The summed E-state index contributed by atoms with van der Waals surface area (Å²) in [6.45, 7) is 6.77. The third-order valence-electron chi connectivity index (χ3n) is 5.48. The van der Waals surface area contributed by atoms with E-state index >= 15 is 0 Å². The Kier molecular flexibility index (Phi) is 5.24. The molecule has 6 heteroatoms. The van der Waals surface area contributed by atoms with Crippen LogP contribution in [0.3, 0.4) is 0 Å². The quantitative estimate of drug-likeness (QED) is 0.688. The molecular formula is C24H27N3O3. The van der Waals surface area contributed by atoms with Gasteiger partial charge in [0.1, 0.15) is 22.9 Å². The molecule has 0 saturated heterocycles. The molecule has 1 N–H and O–H groups in total. The first-order valence-corrected chi connectivity index (χ1v) is 10.1. The number of hydrogen-bond acceptors (Lipinski definition) is 4. The van der Waals surface area contributed by atoms with Crippen LogP contribution >= 0.6 is 0 Å². The summed E-state index contributed by atoms with van der Waals surface area (Å²) in [6, 6.07) is 13.3. The van der Waals surface area contributed by atoms with Gasteiger partial charge in [-0.1, -0.05) is 12.1 Å². The fraction of sp³-hybridized carbons (Fsp3) is 0.333. The molecule has 1 aliphatic heterocycles. The number of benzene rings is 2. The highest BCUT2D eigenvalue weighted by Crippen LogP contribution is 2.41. The number of amides is 1. The molecular weight excluding hydrogens is 378 g/mol. The normalized spacial score (nSPS) is 17.0. The van der Waals surface area contributed by atoms with Gasteiger partial charge in [0.25, 0.3) is 5.91 Å². The Morgan fingerprint density at radius 1 is 1.27 bits per heavy atom. The number of imidazole rings is 1. The van der Waals surface area contributed by atoms with Crippen LogP contribution in [0.1, 0.15) is 53.6 Å². The lowest BCUT2D eigenvalue weighted by atomic mass is 9.89. The molecule has 3 aromatic rings. The minimum absolute atomic E-state index is 0.0928. The number of rotatable bonds is 5. The monoisotopic (exact) mass is 405 g/mol. The minimum atomic E-state index is -0.385. The van der Waals surface area contributed by atoms with Crippen LogP contribution in [0.5, 0.6) is 11.5 Å². The van der Waals surface area contributed by atoms with Gasteiger partial charge in [-0.3, -0.25) is 4.79 Å². The van der Waals surface area contributed by atoms with Crippen molar-refractivity contribution >= 4 is 5.91 Å². The Labute approximate surface area is 176 Å². The van der Waals surface area contributed by atoms with Gasteiger partial charge < -0.3 is 19.4 Å². The molecule has 156 valence electrons. The zero-order chi connectivity index (χ0) is 21.3. The van der Waals surface area contributed by atoms with Crippen molar-refractivity contribution in [2.75, 3.05) is 7.11 Å². The summed E-state index contributed by atoms with van der Waals surface area (Å²) in [5, 5.41) is 3.18. The van der Waals surface area contributed by atoms with E-state index in [1.807, 2.05) is 69.4 Å². The maximum absolute atomic E-state index is 12.9. The van der Waals surface area contributed by atoms with E-state index < -0.39 is 0 Å². The van der Waals surface area contributed by atoms with Gasteiger partial charge in [-0.2, -0.15) is 0 Å². The lowest BCUT2D eigenvalue weighted by molar-refractivity contribution is 0.0617. The molecule has 2 aromatic carbocycles. The number of nitrogens with zero attached hydrogens (tertiary/aromatic N) is 2. The van der Waals surface area contributed by atoms with Crippen LogP contribution < -0.4 is 14.8 Å². The second-order valence-corrected chi connectivity index (χ2v) is 8.29. The average Bonchev–Trinajstić information content (AvgIpc) is 3.11. The maximum atomic E-state index is 12.9. The molecule has 6 nitrogen and oxygen atoms in total. The largest absolute Gasteiger partial charge is 0.497 e. The number of methoxy groups -OCH3 is 1. The molecule has 0 spiro atoms. The number of fused-ring (bicyclic) bond motifs is 1. The smallest absolute Gasteiger partial charge is 0.251 e. The third-order valence-corrected chi connectivity index (χ3v) is 5.48. The summed E-state index contributed by atoms with van der Waals surface area (Å²) in [4.78, 5) is 17.2. The van der Waals surface area contributed by atoms with Crippen molar-refractivity contribution in [3.8, 4) is 11.5 Å². The number of ether oxygens (including phenoxy) is 2. The molecule has 30 heavy (non-hydrogen) atoms. The number of nitrogens with one attached hydrogen (secondary N) is 1. The molecule has 0 radical (unpaired) electrons. The summed E-state index contributed by atoms with van der Waals surface area (Å²) < 4.78 is 13.5. The minimum Gasteiger partial charge on any atom is -0.497 e. The van der Waals surface area contributed by atoms with Gasteiger partial charge in [0.15, 0.2) is 0 Å². The van der Waals surface area contributed by atoms with Crippen LogP contribution in [-0.2, 0) is 6.54 Å². The van der Waals surface area contributed by atoms with Gasteiger partial charge in [0, 0.05) is 42.6 Å². The molecule has 0 saturated carbocycles. The van der Waals surface area contributed by atoms with E-state index in [0.29, 0.717) is 12.0 Å². The van der Waals surface area contributed by atoms with E-state index in [9.17, 15) is 4.79 Å². The summed E-state index contributed by atoms with van der Waals surface area (Å²) in [7, 11) is 1.63. The zero-order valence-electron chi connectivity index (χ0n) is 17.8. The lowest BCUT2D eigenvalue weighted by Crippen LogP contribution is -2.41. The third kappa shape index (κ3) is 4.17. The van der Waals surface area contributed by atoms with Crippen LogP contribution in [0, 0.1) is 6.92 Å². The highest BCUT2D eigenvalue weighted by Gasteiger charge is 2.35. The molecule has 1 aromatic heterocycles. The first-order chi connectivity index (χ1) is 14.3. The second-order valence-electron chi connectivity index (χ2n) is 8.29. The number of carbonyl (C=O) groups excluding carboxylic acids is 1. The van der Waals surface area contributed by atoms with Crippen molar-refractivity contribution in [2.24, 2.45) is 0 Å². The van der Waals surface area contributed by atoms with Crippen molar-refractivity contribution in [2.45, 2.75) is 45.4 Å². The Morgan fingerprint density at radius 3 is 2.70 bits per heavy atom. The van der Waals surface area contributed by atoms with Gasteiger partial charge in [0.2, 0.25) is 0 Å². The summed E-state index contributed by atoms with van der Waals surface area (Å²) in [6.07, 6.45) is 4.44. The van der Waals surface area contributed by atoms with Crippen molar-refractivity contribution in [1.82, 2.24) is 14.9 Å². The summed E-state index contributed by atoms with van der Waals surface area (Å²) in [5.74, 6) is 2.36. The molecule has 2 heterocycles. The topological polar surface area (TPSA) is 65.4 Å². The molecule has 4 rings (SSSR count). The molecule has 1 atom stereocenters. The number of hydrogen-bond donors (Lipinski definition) is 1. The number of aryl methyl sites for hydroxylation is 1. The standard InChI is InChI=1S/C24H27N3O3/c1-16-25-11-12-27(16)15-17-5-7-18(8-6-17)23(28)26-21-14-24(2,3)30-22-13-19(29-4)9-10-20(21)22/h5-13,21H,14-15H2,1-4H3,(H,26,28)/t21-/m0/s1. The fourth-order valence-electron chi connectivity index (χ4n) is 3.86. The Morgan fingerprint density at radius 2 is 2.03 bits per heavy atom. The van der Waals surface area contributed by atoms with Gasteiger partial charge in [-0.25, -0.2) is 4.98 Å². The zero-order valence-corrected chi connectivity index (χ0v) is 17.8. The highest BCUT2D eigenvalue weighted by atomic mass is 16.5. The van der Waals surface area contributed by atoms with Crippen LogP contribution in [0.2, 0.25) is 0 Å². The summed E-state index contributed by atoms with van der Waals surface area (Å²) in [5.41, 5.74) is 2.34. The first kappa shape index (κ1) is 20.0. The van der Waals surface area contributed by atoms with Gasteiger partial charge in [-0.15, -0.1) is 0 Å². The van der Waals surface area contributed by atoms with Crippen LogP contribution in [0.4, 0.5) is 0 Å². The van der Waals surface area contributed by atoms with Gasteiger partial charge >= 0.3 is 0 Å². The second kappa shape index (κ2) is 7.86. The average molecular weight is 405 g/mol. The fourth-order valence-corrected chi connectivity index (χ4v) is 3.86. The van der Waals surface area contributed by atoms with E-state index in [4.69, 9.17) is 9.47 Å². The van der Waals surface area contributed by atoms with Crippen LogP contribution in [-0.4, -0.2) is 28.2 Å². The van der Waals surface area contributed by atoms with E-state index in [2.05, 4.69) is 14.9 Å². The predicted molar refractivity (Wildman–Crippen MR) is 115 cm³/mol. The lowest BCUT2D eigenvalue weighted by Gasteiger charge is -2.38. The number of carbonyl (C=O) groups is 1. The van der Waals surface area contributed by atoms with E-state index in [1.165, 1.54) is 0 Å². The molecule has 1 aliphatic rings. The van der Waals surface area contributed by atoms with E-state index in [1.54, 1.807) is 13.3 Å². The van der Waals surface area contributed by atoms with Gasteiger partial charge in [0.05, 0.1) is 13.2 Å². The molecule has 0 aliphatic carbocycles. The molecule has 1 amide bonds. The highest BCUT2D eigenvalue weighted by molar-refractivity contribution is 5.94. The maximum Gasteiger partial charge on any atom is 0.251 e. The molecule has 0 fully saturated rings. The van der Waals surface area contributed by atoms with Crippen molar-refractivity contribution < 1.29 is 14.3 Å². The Balaban J connectivity index is 1.50. The molecule has 0 unspecified atom stereocenters. The SMILES string of the molecule is COc1ccc2c(c1)OC(C)(C)C[C@@H]2NC(=O)c1ccc(Cn2ccnc2C)cc1. The van der Waals surface area contributed by atoms with Crippen LogP contribution in [0.15, 0.2) is 54.9 Å². The molecule has 0 bridgehead atoms.